The second-order valence-electron chi connectivity index (χ2n) is 4.50. The minimum atomic E-state index is 0.712. The third-order valence-electron chi connectivity index (χ3n) is 2.61. The Morgan fingerprint density at radius 3 is 2.14 bits per heavy atom. The maximum atomic E-state index is 2.34. The van der Waals surface area contributed by atoms with E-state index >= 15 is 0 Å². The first-order valence-electron chi connectivity index (χ1n) is 5.74. The lowest BCUT2D eigenvalue weighted by molar-refractivity contribution is 0.254. The third kappa shape index (κ3) is 7.34. The minimum absolute atomic E-state index is 0.712. The summed E-state index contributed by atoms with van der Waals surface area (Å²) >= 11 is 0. The molecule has 1 atom stereocenters. The highest BCUT2D eigenvalue weighted by molar-refractivity contribution is 4.74. The standard InChI is InChI=1S/C12H27N2/c1-6-7-8-9-12(14(4)5)10-11-13(2)3/h11-12H,6-10H2,1-5H3. The van der Waals surface area contributed by atoms with Crippen LogP contribution in [0.1, 0.15) is 39.0 Å². The highest BCUT2D eigenvalue weighted by Gasteiger charge is 2.10. The summed E-state index contributed by atoms with van der Waals surface area (Å²) in [6.07, 6.45) is 6.54. The monoisotopic (exact) mass is 199 g/mol. The topological polar surface area (TPSA) is 6.48 Å². The summed E-state index contributed by atoms with van der Waals surface area (Å²) in [6, 6.07) is 0.712. The van der Waals surface area contributed by atoms with E-state index in [1.54, 1.807) is 0 Å². The Balaban J connectivity index is 3.66. The second kappa shape index (κ2) is 8.25. The highest BCUT2D eigenvalue weighted by atomic mass is 15.1. The van der Waals surface area contributed by atoms with Gasteiger partial charge in [0.25, 0.3) is 0 Å². The van der Waals surface area contributed by atoms with E-state index < -0.39 is 0 Å². The van der Waals surface area contributed by atoms with E-state index in [2.05, 4.69) is 51.5 Å². The van der Waals surface area contributed by atoms with E-state index in [9.17, 15) is 0 Å². The summed E-state index contributed by atoms with van der Waals surface area (Å²) in [6.45, 7) is 4.53. The molecule has 14 heavy (non-hydrogen) atoms. The minimum Gasteiger partial charge on any atom is -0.306 e. The van der Waals surface area contributed by atoms with Gasteiger partial charge in [-0.2, -0.15) is 0 Å². The summed E-state index contributed by atoms with van der Waals surface area (Å²) in [5.41, 5.74) is 0. The number of hydrogen-bond donors (Lipinski definition) is 0. The summed E-state index contributed by atoms with van der Waals surface area (Å²) in [7, 11) is 8.55. The van der Waals surface area contributed by atoms with Gasteiger partial charge < -0.3 is 9.80 Å². The number of rotatable bonds is 8. The SMILES string of the molecule is CCCCCC(C[CH]N(C)C)N(C)C. The highest BCUT2D eigenvalue weighted by Crippen LogP contribution is 2.12. The molecule has 0 bridgehead atoms. The van der Waals surface area contributed by atoms with Gasteiger partial charge in [-0.05, 0) is 41.0 Å². The zero-order valence-corrected chi connectivity index (χ0v) is 10.6. The molecule has 0 aliphatic rings. The maximum absolute atomic E-state index is 2.34. The molecular weight excluding hydrogens is 172 g/mol. The molecule has 0 aliphatic carbocycles. The molecule has 0 saturated carbocycles. The number of nitrogens with zero attached hydrogens (tertiary/aromatic N) is 2. The summed E-state index contributed by atoms with van der Waals surface area (Å²) < 4.78 is 0. The van der Waals surface area contributed by atoms with E-state index in [0.717, 1.165) is 0 Å². The van der Waals surface area contributed by atoms with Crippen molar-refractivity contribution in [2.24, 2.45) is 0 Å². The van der Waals surface area contributed by atoms with E-state index in [1.807, 2.05) is 0 Å². The van der Waals surface area contributed by atoms with Gasteiger partial charge in [-0.1, -0.05) is 26.2 Å². The van der Waals surface area contributed by atoms with Crippen molar-refractivity contribution in [2.45, 2.75) is 45.1 Å². The van der Waals surface area contributed by atoms with Crippen LogP contribution in [-0.4, -0.2) is 44.0 Å². The van der Waals surface area contributed by atoms with Gasteiger partial charge in [-0.15, -0.1) is 0 Å². The van der Waals surface area contributed by atoms with Crippen molar-refractivity contribution < 1.29 is 0 Å². The molecule has 0 aromatic carbocycles. The molecule has 2 heteroatoms. The first kappa shape index (κ1) is 13.9. The van der Waals surface area contributed by atoms with Crippen molar-refractivity contribution in [3.8, 4) is 0 Å². The smallest absolute Gasteiger partial charge is 0.0260 e. The van der Waals surface area contributed by atoms with Gasteiger partial charge in [-0.3, -0.25) is 0 Å². The average molecular weight is 199 g/mol. The molecule has 0 heterocycles. The predicted octanol–water partition coefficient (Wildman–Crippen LogP) is 2.61. The van der Waals surface area contributed by atoms with Gasteiger partial charge in [0.2, 0.25) is 0 Å². The fourth-order valence-electron chi connectivity index (χ4n) is 1.55. The van der Waals surface area contributed by atoms with Crippen LogP contribution >= 0.6 is 0 Å². The second-order valence-corrected chi connectivity index (χ2v) is 4.50. The molecule has 0 spiro atoms. The first-order valence-corrected chi connectivity index (χ1v) is 5.74. The van der Waals surface area contributed by atoms with Gasteiger partial charge in [-0.25, -0.2) is 0 Å². The van der Waals surface area contributed by atoms with E-state index in [1.165, 1.54) is 32.1 Å². The summed E-state index contributed by atoms with van der Waals surface area (Å²) in [4.78, 5) is 4.49. The van der Waals surface area contributed by atoms with Crippen molar-refractivity contribution >= 4 is 0 Å². The lowest BCUT2D eigenvalue weighted by Crippen LogP contribution is -2.29. The Labute approximate surface area is 90.3 Å². The fourth-order valence-corrected chi connectivity index (χ4v) is 1.55. The third-order valence-corrected chi connectivity index (χ3v) is 2.61. The van der Waals surface area contributed by atoms with Gasteiger partial charge in [0.15, 0.2) is 0 Å². The molecule has 0 rings (SSSR count). The van der Waals surface area contributed by atoms with Crippen LogP contribution in [0.3, 0.4) is 0 Å². The Morgan fingerprint density at radius 2 is 1.71 bits per heavy atom. The summed E-state index contributed by atoms with van der Waals surface area (Å²) in [5.74, 6) is 0. The van der Waals surface area contributed by atoms with Crippen LogP contribution in [0.15, 0.2) is 0 Å². The van der Waals surface area contributed by atoms with Crippen molar-refractivity contribution in [2.75, 3.05) is 28.2 Å². The quantitative estimate of drug-likeness (QED) is 0.554. The van der Waals surface area contributed by atoms with Crippen LogP contribution in [0.2, 0.25) is 0 Å². The van der Waals surface area contributed by atoms with Crippen molar-refractivity contribution in [1.29, 1.82) is 0 Å². The van der Waals surface area contributed by atoms with Crippen LogP contribution in [0, 0.1) is 6.54 Å². The number of hydrogen-bond acceptors (Lipinski definition) is 2. The lowest BCUT2D eigenvalue weighted by Gasteiger charge is -2.25. The number of unbranched alkanes of at least 4 members (excludes halogenated alkanes) is 2. The molecule has 85 valence electrons. The molecule has 0 N–H and O–H groups in total. The normalized spacial score (nSPS) is 13.9. The molecule has 0 saturated heterocycles. The van der Waals surface area contributed by atoms with Gasteiger partial charge in [0, 0.05) is 12.6 Å². The molecule has 2 nitrogen and oxygen atoms in total. The van der Waals surface area contributed by atoms with E-state index in [-0.39, 0.29) is 0 Å². The van der Waals surface area contributed by atoms with Crippen molar-refractivity contribution in [3.05, 3.63) is 6.54 Å². The molecule has 1 radical (unpaired) electrons. The molecular formula is C12H27N2. The lowest BCUT2D eigenvalue weighted by atomic mass is 10.0. The van der Waals surface area contributed by atoms with Gasteiger partial charge >= 0.3 is 0 Å². The summed E-state index contributed by atoms with van der Waals surface area (Å²) in [5, 5.41) is 0. The maximum Gasteiger partial charge on any atom is 0.0260 e. The van der Waals surface area contributed by atoms with E-state index in [4.69, 9.17) is 0 Å². The van der Waals surface area contributed by atoms with Crippen LogP contribution in [-0.2, 0) is 0 Å². The van der Waals surface area contributed by atoms with E-state index in [0.29, 0.717) is 6.04 Å². The predicted molar refractivity (Wildman–Crippen MR) is 64.2 cm³/mol. The average Bonchev–Trinajstić information content (AvgIpc) is 2.10. The van der Waals surface area contributed by atoms with Gasteiger partial charge in [0.1, 0.15) is 0 Å². The Morgan fingerprint density at radius 1 is 1.07 bits per heavy atom. The largest absolute Gasteiger partial charge is 0.306 e. The zero-order chi connectivity index (χ0) is 11.0. The fraction of sp³-hybridized carbons (Fsp3) is 0.917. The van der Waals surface area contributed by atoms with Crippen molar-refractivity contribution in [3.63, 3.8) is 0 Å². The van der Waals surface area contributed by atoms with Crippen LogP contribution in [0.4, 0.5) is 0 Å². The zero-order valence-electron chi connectivity index (χ0n) is 10.6. The molecule has 0 aliphatic heterocycles. The van der Waals surface area contributed by atoms with Crippen LogP contribution in [0.25, 0.3) is 0 Å². The van der Waals surface area contributed by atoms with Crippen molar-refractivity contribution in [1.82, 2.24) is 9.80 Å². The molecule has 0 fully saturated rings. The molecule has 0 amide bonds. The Kier molecular flexibility index (Phi) is 8.20. The first-order chi connectivity index (χ1) is 6.57. The Hall–Kier alpha value is -0.0800. The molecule has 0 aromatic heterocycles. The molecule has 1 unspecified atom stereocenters. The van der Waals surface area contributed by atoms with Crippen LogP contribution in [0.5, 0.6) is 0 Å². The molecule has 0 aromatic rings. The van der Waals surface area contributed by atoms with Gasteiger partial charge in [0.05, 0.1) is 0 Å². The Bertz CT molecular complexity index is 121. The van der Waals surface area contributed by atoms with Crippen LogP contribution < -0.4 is 0 Å².